The molecule has 0 radical (unpaired) electrons. The van der Waals surface area contributed by atoms with E-state index in [-0.39, 0.29) is 0 Å². The molecular weight excluding hydrogens is 252 g/mol. The van der Waals surface area contributed by atoms with Gasteiger partial charge in [-0.05, 0) is 37.6 Å². The molecule has 4 heteroatoms. The van der Waals surface area contributed by atoms with Gasteiger partial charge in [0.05, 0.1) is 0 Å². The lowest BCUT2D eigenvalue weighted by Gasteiger charge is -2.14. The van der Waals surface area contributed by atoms with E-state index < -0.39 is 5.97 Å². The summed E-state index contributed by atoms with van der Waals surface area (Å²) in [7, 11) is 1.83. The molecule has 4 nitrogen and oxygen atoms in total. The minimum absolute atomic E-state index is 0.388. The Morgan fingerprint density at radius 3 is 2.85 bits per heavy atom. The van der Waals surface area contributed by atoms with Crippen molar-refractivity contribution in [3.05, 3.63) is 41.1 Å². The molecule has 2 N–H and O–H groups in total. The molecule has 2 aromatic rings. The lowest BCUT2D eigenvalue weighted by molar-refractivity contribution is 0.0686. The molecule has 0 saturated heterocycles. The summed E-state index contributed by atoms with van der Waals surface area (Å²) in [5.41, 5.74) is 4.54. The summed E-state index contributed by atoms with van der Waals surface area (Å²) in [6, 6.07) is 6.11. The Balaban J connectivity index is 2.37. The van der Waals surface area contributed by atoms with Gasteiger partial charge in [-0.1, -0.05) is 17.7 Å². The van der Waals surface area contributed by atoms with Crippen molar-refractivity contribution >= 4 is 22.4 Å². The van der Waals surface area contributed by atoms with Crippen molar-refractivity contribution in [3.63, 3.8) is 0 Å². The first-order valence-corrected chi connectivity index (χ1v) is 6.82. The molecule has 0 aliphatic carbocycles. The van der Waals surface area contributed by atoms with Gasteiger partial charge in [0.25, 0.3) is 0 Å². The predicted molar refractivity (Wildman–Crippen MR) is 80.1 cm³/mol. The Morgan fingerprint density at radius 1 is 1.40 bits per heavy atom. The van der Waals surface area contributed by atoms with E-state index in [4.69, 9.17) is 0 Å². The Bertz CT molecular complexity index is 726. The number of nitrogens with one attached hydrogen (secondary N) is 1. The standard InChI is InChI=1S/C16H18N2O2/c1-10-3-4-13-12(9-10)14(11-5-7-17-8-6-11)15(16(19)20)18(13)2/h3-5,9,17H,6-8H2,1-2H3,(H,19,20). The van der Waals surface area contributed by atoms with Crippen LogP contribution in [0.2, 0.25) is 0 Å². The van der Waals surface area contributed by atoms with Gasteiger partial charge in [0.15, 0.2) is 0 Å². The maximum absolute atomic E-state index is 11.7. The van der Waals surface area contributed by atoms with Crippen molar-refractivity contribution in [2.45, 2.75) is 13.3 Å². The van der Waals surface area contributed by atoms with E-state index in [1.165, 1.54) is 0 Å². The molecule has 0 spiro atoms. The van der Waals surface area contributed by atoms with Gasteiger partial charge in [-0.2, -0.15) is 0 Å². The quantitative estimate of drug-likeness (QED) is 0.881. The van der Waals surface area contributed by atoms with Crippen molar-refractivity contribution in [2.24, 2.45) is 7.05 Å². The lowest BCUT2D eigenvalue weighted by Crippen LogP contribution is -2.20. The van der Waals surface area contributed by atoms with E-state index in [0.717, 1.165) is 47.1 Å². The topological polar surface area (TPSA) is 54.3 Å². The number of aryl methyl sites for hydroxylation is 2. The Morgan fingerprint density at radius 2 is 2.20 bits per heavy atom. The van der Waals surface area contributed by atoms with Crippen LogP contribution in [-0.4, -0.2) is 28.7 Å². The van der Waals surface area contributed by atoms with E-state index in [0.29, 0.717) is 5.69 Å². The SMILES string of the molecule is Cc1ccc2c(c1)c(C1=CCNCC1)c(C(=O)O)n2C. The fourth-order valence-corrected chi connectivity index (χ4v) is 2.98. The molecule has 0 saturated carbocycles. The number of rotatable bonds is 2. The second-order valence-corrected chi connectivity index (χ2v) is 5.29. The third-order valence-corrected chi connectivity index (χ3v) is 3.94. The molecule has 2 heterocycles. The molecule has 0 amide bonds. The van der Waals surface area contributed by atoms with E-state index in [2.05, 4.69) is 17.5 Å². The molecule has 0 bridgehead atoms. The number of aromatic nitrogens is 1. The first kappa shape index (κ1) is 12.9. The molecule has 20 heavy (non-hydrogen) atoms. The van der Waals surface area contributed by atoms with Gasteiger partial charge in [-0.3, -0.25) is 0 Å². The van der Waals surface area contributed by atoms with Crippen LogP contribution in [0.15, 0.2) is 24.3 Å². The van der Waals surface area contributed by atoms with Crippen LogP contribution in [0.5, 0.6) is 0 Å². The highest BCUT2D eigenvalue weighted by atomic mass is 16.4. The maximum Gasteiger partial charge on any atom is 0.353 e. The molecule has 0 fully saturated rings. The number of benzene rings is 1. The molecule has 1 aliphatic heterocycles. The summed E-state index contributed by atoms with van der Waals surface area (Å²) < 4.78 is 1.79. The lowest BCUT2D eigenvalue weighted by atomic mass is 9.96. The average Bonchev–Trinajstić information content (AvgIpc) is 2.72. The molecular formula is C16H18N2O2. The molecule has 1 aromatic heterocycles. The van der Waals surface area contributed by atoms with Crippen LogP contribution in [0.3, 0.4) is 0 Å². The maximum atomic E-state index is 11.7. The zero-order valence-corrected chi connectivity index (χ0v) is 11.7. The first-order valence-electron chi connectivity index (χ1n) is 6.82. The van der Waals surface area contributed by atoms with E-state index >= 15 is 0 Å². The molecule has 1 aromatic carbocycles. The van der Waals surface area contributed by atoms with Crippen LogP contribution in [0.25, 0.3) is 16.5 Å². The van der Waals surface area contributed by atoms with Gasteiger partial charge in [0.1, 0.15) is 5.69 Å². The van der Waals surface area contributed by atoms with E-state index in [9.17, 15) is 9.90 Å². The monoisotopic (exact) mass is 270 g/mol. The number of carboxylic acids is 1. The van der Waals surface area contributed by atoms with E-state index in [1.807, 2.05) is 26.1 Å². The van der Waals surface area contributed by atoms with Crippen LogP contribution in [0, 0.1) is 6.92 Å². The summed E-state index contributed by atoms with van der Waals surface area (Å²) in [6.07, 6.45) is 2.97. The molecule has 0 unspecified atom stereocenters. The fraction of sp³-hybridized carbons (Fsp3) is 0.312. The van der Waals surface area contributed by atoms with Gasteiger partial charge < -0.3 is 15.0 Å². The number of aromatic carboxylic acids is 1. The van der Waals surface area contributed by atoms with Crippen molar-refractivity contribution in [3.8, 4) is 0 Å². The average molecular weight is 270 g/mol. The second kappa shape index (κ2) is 4.80. The number of fused-ring (bicyclic) bond motifs is 1. The Kier molecular flexibility index (Phi) is 3.10. The third-order valence-electron chi connectivity index (χ3n) is 3.94. The van der Waals surface area contributed by atoms with Crippen molar-refractivity contribution in [1.82, 2.24) is 9.88 Å². The molecule has 3 rings (SSSR count). The summed E-state index contributed by atoms with van der Waals surface area (Å²) in [4.78, 5) is 11.7. The summed E-state index contributed by atoms with van der Waals surface area (Å²) in [5.74, 6) is -0.865. The number of nitrogens with zero attached hydrogens (tertiary/aromatic N) is 1. The summed E-state index contributed by atoms with van der Waals surface area (Å²) >= 11 is 0. The number of hydrogen-bond donors (Lipinski definition) is 2. The van der Waals surface area contributed by atoms with Gasteiger partial charge in [0, 0.05) is 30.1 Å². The number of carboxylic acid groups (broad SMARTS) is 1. The highest BCUT2D eigenvalue weighted by Gasteiger charge is 2.23. The van der Waals surface area contributed by atoms with Crippen LogP contribution >= 0.6 is 0 Å². The van der Waals surface area contributed by atoms with Gasteiger partial charge in [0.2, 0.25) is 0 Å². The third kappa shape index (κ3) is 1.93. The Labute approximate surface area is 117 Å². The highest BCUT2D eigenvalue weighted by molar-refractivity contribution is 6.05. The van der Waals surface area contributed by atoms with Gasteiger partial charge in [-0.15, -0.1) is 0 Å². The largest absolute Gasteiger partial charge is 0.477 e. The van der Waals surface area contributed by atoms with Crippen LogP contribution in [0.1, 0.15) is 28.0 Å². The smallest absolute Gasteiger partial charge is 0.353 e. The van der Waals surface area contributed by atoms with Crippen molar-refractivity contribution in [2.75, 3.05) is 13.1 Å². The fourth-order valence-electron chi connectivity index (χ4n) is 2.98. The van der Waals surface area contributed by atoms with Crippen LogP contribution < -0.4 is 5.32 Å². The van der Waals surface area contributed by atoms with Gasteiger partial charge >= 0.3 is 5.97 Å². The molecule has 0 atom stereocenters. The van der Waals surface area contributed by atoms with Crippen LogP contribution in [-0.2, 0) is 7.05 Å². The zero-order chi connectivity index (χ0) is 14.3. The first-order chi connectivity index (χ1) is 9.59. The predicted octanol–water partition coefficient (Wildman–Crippen LogP) is 2.56. The van der Waals surface area contributed by atoms with Gasteiger partial charge in [-0.25, -0.2) is 4.79 Å². The normalized spacial score (nSPS) is 15.4. The molecule has 1 aliphatic rings. The Hall–Kier alpha value is -2.07. The number of hydrogen-bond acceptors (Lipinski definition) is 2. The van der Waals surface area contributed by atoms with E-state index in [1.54, 1.807) is 4.57 Å². The number of carbonyl (C=O) groups is 1. The minimum atomic E-state index is -0.865. The van der Waals surface area contributed by atoms with Crippen molar-refractivity contribution in [1.29, 1.82) is 0 Å². The summed E-state index contributed by atoms with van der Waals surface area (Å²) in [6.45, 7) is 3.73. The minimum Gasteiger partial charge on any atom is -0.477 e. The summed E-state index contributed by atoms with van der Waals surface area (Å²) in [5, 5.41) is 13.9. The second-order valence-electron chi connectivity index (χ2n) is 5.29. The van der Waals surface area contributed by atoms with Crippen molar-refractivity contribution < 1.29 is 9.90 Å². The highest BCUT2D eigenvalue weighted by Crippen LogP contribution is 2.34. The zero-order valence-electron chi connectivity index (χ0n) is 11.7. The molecule has 104 valence electrons. The van der Waals surface area contributed by atoms with Crippen LogP contribution in [0.4, 0.5) is 0 Å².